The van der Waals surface area contributed by atoms with Crippen LogP contribution in [0.3, 0.4) is 0 Å². The van der Waals surface area contributed by atoms with Gasteiger partial charge in [-0.3, -0.25) is 0 Å². The van der Waals surface area contributed by atoms with E-state index >= 15 is 0 Å². The summed E-state index contributed by atoms with van der Waals surface area (Å²) in [6.45, 7) is -0.0378. The summed E-state index contributed by atoms with van der Waals surface area (Å²) in [5, 5.41) is 20.6. The largest absolute Gasteiger partial charge is 0.550 e. The molecular weight excluding hydrogens is 341 g/mol. The Morgan fingerprint density at radius 3 is 2.67 bits per heavy atom. The van der Waals surface area contributed by atoms with Crippen molar-refractivity contribution in [2.24, 2.45) is 5.92 Å². The van der Waals surface area contributed by atoms with E-state index in [-0.39, 0.29) is 23.1 Å². The molecule has 0 bridgehead atoms. The summed E-state index contributed by atoms with van der Waals surface area (Å²) in [5.41, 5.74) is 0. The maximum atomic E-state index is 12.5. The van der Waals surface area contributed by atoms with Crippen molar-refractivity contribution in [3.05, 3.63) is 22.2 Å². The van der Waals surface area contributed by atoms with E-state index in [1.807, 2.05) is 0 Å². The molecule has 1 N–H and O–H groups in total. The van der Waals surface area contributed by atoms with Crippen molar-refractivity contribution in [2.75, 3.05) is 13.1 Å². The molecule has 1 heterocycles. The molecule has 0 saturated carbocycles. The number of rotatable bonds is 3. The molecule has 2 rings (SSSR count). The second kappa shape index (κ2) is 6.00. The number of carboxylic acids is 1. The van der Waals surface area contributed by atoms with Gasteiger partial charge in [0.1, 0.15) is 4.90 Å². The lowest BCUT2D eigenvalue weighted by atomic mass is 10.0. The van der Waals surface area contributed by atoms with Gasteiger partial charge >= 0.3 is 0 Å². The van der Waals surface area contributed by atoms with Crippen LogP contribution >= 0.6 is 23.2 Å². The Kier molecular flexibility index (Phi) is 4.67. The average molecular weight is 353 g/mol. The molecule has 0 spiro atoms. The molecule has 0 aliphatic carbocycles. The Morgan fingerprint density at radius 1 is 1.38 bits per heavy atom. The molecule has 1 atom stereocenters. The topological polar surface area (TPSA) is 97.7 Å². The van der Waals surface area contributed by atoms with E-state index in [2.05, 4.69) is 0 Å². The third-order valence-corrected chi connectivity index (χ3v) is 5.71. The predicted molar refractivity (Wildman–Crippen MR) is 74.6 cm³/mol. The van der Waals surface area contributed by atoms with Gasteiger partial charge in [-0.2, -0.15) is 4.31 Å². The molecule has 9 heteroatoms. The summed E-state index contributed by atoms with van der Waals surface area (Å²) in [6, 6.07) is 2.30. The van der Waals surface area contributed by atoms with Gasteiger partial charge in [0.15, 0.2) is 5.75 Å². The minimum absolute atomic E-state index is 0.0600. The summed E-state index contributed by atoms with van der Waals surface area (Å²) in [5.74, 6) is -2.76. The Balaban J connectivity index is 2.40. The van der Waals surface area contributed by atoms with E-state index in [4.69, 9.17) is 23.2 Å². The average Bonchev–Trinajstić information content (AvgIpc) is 2.42. The van der Waals surface area contributed by atoms with Gasteiger partial charge in [0.05, 0.1) is 5.02 Å². The first kappa shape index (κ1) is 16.4. The van der Waals surface area contributed by atoms with Gasteiger partial charge < -0.3 is 15.0 Å². The minimum Gasteiger partial charge on any atom is -0.550 e. The normalized spacial score (nSPS) is 20.4. The van der Waals surface area contributed by atoms with Gasteiger partial charge in [-0.1, -0.05) is 23.2 Å². The molecule has 0 unspecified atom stereocenters. The number of piperidine rings is 1. The molecule has 1 aromatic carbocycles. The van der Waals surface area contributed by atoms with E-state index < -0.39 is 32.6 Å². The van der Waals surface area contributed by atoms with Crippen molar-refractivity contribution in [3.8, 4) is 5.75 Å². The maximum Gasteiger partial charge on any atom is 0.246 e. The summed E-state index contributed by atoms with van der Waals surface area (Å²) in [6.07, 6.45) is 0.754. The van der Waals surface area contributed by atoms with Crippen LogP contribution in [-0.4, -0.2) is 36.9 Å². The van der Waals surface area contributed by atoms with Gasteiger partial charge in [-0.05, 0) is 25.0 Å². The first-order valence-electron chi connectivity index (χ1n) is 6.12. The number of nitrogens with zero attached hydrogens (tertiary/aromatic N) is 1. The molecule has 116 valence electrons. The molecular formula is C12H12Cl2NO5S-. The van der Waals surface area contributed by atoms with Crippen LogP contribution < -0.4 is 5.11 Å². The Labute approximate surface area is 131 Å². The van der Waals surface area contributed by atoms with Crippen LogP contribution in [0.15, 0.2) is 17.0 Å². The third kappa shape index (κ3) is 3.26. The van der Waals surface area contributed by atoms with E-state index in [1.165, 1.54) is 6.07 Å². The number of phenolic OH excluding ortho intramolecular Hbond substituents is 1. The smallest absolute Gasteiger partial charge is 0.246 e. The van der Waals surface area contributed by atoms with E-state index in [0.717, 1.165) is 10.4 Å². The number of benzene rings is 1. The zero-order valence-corrected chi connectivity index (χ0v) is 13.1. The number of phenols is 1. The van der Waals surface area contributed by atoms with Gasteiger partial charge in [-0.15, -0.1) is 0 Å². The molecule has 1 saturated heterocycles. The predicted octanol–water partition coefficient (Wildman–Crippen LogP) is 0.850. The van der Waals surface area contributed by atoms with Crippen molar-refractivity contribution in [1.29, 1.82) is 0 Å². The molecule has 1 fully saturated rings. The number of sulfonamides is 1. The van der Waals surface area contributed by atoms with Crippen molar-refractivity contribution in [2.45, 2.75) is 17.7 Å². The summed E-state index contributed by atoms with van der Waals surface area (Å²) in [4.78, 5) is 10.5. The number of carbonyl (C=O) groups is 1. The number of carbonyl (C=O) groups excluding carboxylic acids is 1. The highest BCUT2D eigenvalue weighted by molar-refractivity contribution is 7.89. The van der Waals surface area contributed by atoms with Crippen molar-refractivity contribution >= 4 is 39.2 Å². The maximum absolute atomic E-state index is 12.5. The van der Waals surface area contributed by atoms with Crippen molar-refractivity contribution in [3.63, 3.8) is 0 Å². The molecule has 21 heavy (non-hydrogen) atoms. The molecule has 0 aromatic heterocycles. The lowest BCUT2D eigenvalue weighted by Crippen LogP contribution is -2.46. The second-order valence-electron chi connectivity index (χ2n) is 4.76. The molecule has 1 aromatic rings. The van der Waals surface area contributed by atoms with Crippen LogP contribution in [0.1, 0.15) is 12.8 Å². The number of aromatic hydroxyl groups is 1. The number of halogens is 2. The summed E-state index contributed by atoms with van der Waals surface area (Å²) < 4.78 is 26.0. The van der Waals surface area contributed by atoms with Crippen molar-refractivity contribution < 1.29 is 23.4 Å². The molecule has 6 nitrogen and oxygen atoms in total. The fourth-order valence-electron chi connectivity index (χ4n) is 2.23. The lowest BCUT2D eigenvalue weighted by molar-refractivity contribution is -0.312. The van der Waals surface area contributed by atoms with Crippen LogP contribution in [0.2, 0.25) is 10.0 Å². The van der Waals surface area contributed by atoms with Crippen LogP contribution in [-0.2, 0) is 14.8 Å². The first-order chi connectivity index (χ1) is 9.73. The Bertz CT molecular complexity index is 676. The van der Waals surface area contributed by atoms with Crippen LogP contribution in [0, 0.1) is 5.92 Å². The number of hydrogen-bond donors (Lipinski definition) is 1. The van der Waals surface area contributed by atoms with Crippen LogP contribution in [0.5, 0.6) is 5.75 Å². The molecule has 1 aliphatic rings. The highest BCUT2D eigenvalue weighted by atomic mass is 35.5. The van der Waals surface area contributed by atoms with Crippen LogP contribution in [0.4, 0.5) is 0 Å². The fourth-order valence-corrected chi connectivity index (χ4v) is 4.50. The van der Waals surface area contributed by atoms with E-state index in [9.17, 15) is 23.4 Å². The summed E-state index contributed by atoms with van der Waals surface area (Å²) in [7, 11) is -4.08. The number of aliphatic carboxylic acids is 1. The van der Waals surface area contributed by atoms with Gasteiger partial charge in [-0.25, -0.2) is 8.42 Å². The SMILES string of the molecule is O=C([O-])[C@@H]1CCCN(S(=O)(=O)c2cc(Cl)cc(Cl)c2O)C1. The van der Waals surface area contributed by atoms with E-state index in [0.29, 0.717) is 12.8 Å². The number of carboxylic acid groups (broad SMARTS) is 1. The fraction of sp³-hybridized carbons (Fsp3) is 0.417. The zero-order valence-electron chi connectivity index (χ0n) is 10.8. The van der Waals surface area contributed by atoms with Crippen molar-refractivity contribution in [1.82, 2.24) is 4.31 Å². The summed E-state index contributed by atoms with van der Waals surface area (Å²) >= 11 is 11.5. The van der Waals surface area contributed by atoms with Gasteiger partial charge in [0.25, 0.3) is 0 Å². The highest BCUT2D eigenvalue weighted by Gasteiger charge is 2.33. The van der Waals surface area contributed by atoms with Gasteiger partial charge in [0, 0.05) is 30.0 Å². The molecule has 1 aliphatic heterocycles. The zero-order chi connectivity index (χ0) is 15.8. The molecule has 0 radical (unpaired) electrons. The standard InChI is InChI=1S/C12H13Cl2NO5S/c13-8-4-9(14)11(16)10(5-8)21(19,20)15-3-1-2-7(6-15)12(17)18/h4-5,7,16H,1-3,6H2,(H,17,18)/p-1/t7-/m1/s1. The first-order valence-corrected chi connectivity index (χ1v) is 8.32. The Morgan fingerprint density at radius 2 is 2.05 bits per heavy atom. The minimum atomic E-state index is -4.08. The Hall–Kier alpha value is -1.02. The quantitative estimate of drug-likeness (QED) is 0.869. The second-order valence-corrected chi connectivity index (χ2v) is 7.51. The lowest BCUT2D eigenvalue weighted by Gasteiger charge is -2.32. The highest BCUT2D eigenvalue weighted by Crippen LogP contribution is 2.36. The monoisotopic (exact) mass is 352 g/mol. The van der Waals surface area contributed by atoms with Crippen LogP contribution in [0.25, 0.3) is 0 Å². The molecule has 0 amide bonds. The van der Waals surface area contributed by atoms with Gasteiger partial charge in [0.2, 0.25) is 10.0 Å². The van der Waals surface area contributed by atoms with E-state index in [1.54, 1.807) is 0 Å². The third-order valence-electron chi connectivity index (χ3n) is 3.33. The number of hydrogen-bond acceptors (Lipinski definition) is 5.